The van der Waals surface area contributed by atoms with Crippen molar-refractivity contribution in [1.29, 1.82) is 0 Å². The molecule has 4 rings (SSSR count). The number of carbonyl (C=O) groups is 1. The minimum atomic E-state index is -2.17. The molecule has 0 heterocycles. The summed E-state index contributed by atoms with van der Waals surface area (Å²) in [5.74, 6) is -0.969. The zero-order valence-electron chi connectivity index (χ0n) is 18.7. The molecule has 1 atom stereocenters. The summed E-state index contributed by atoms with van der Waals surface area (Å²) in [5, 5.41) is 14.1. The van der Waals surface area contributed by atoms with E-state index in [0.29, 0.717) is 18.1 Å². The molecule has 0 radical (unpaired) electrons. The fourth-order valence-corrected chi connectivity index (χ4v) is 8.96. The number of benzene rings is 4. The van der Waals surface area contributed by atoms with Crippen molar-refractivity contribution < 1.29 is 14.6 Å². The molecule has 0 aliphatic heterocycles. The maximum Gasteiger partial charge on any atom is 0.340 e. The van der Waals surface area contributed by atoms with E-state index in [1.54, 1.807) is 0 Å². The molecule has 4 heteroatoms. The van der Waals surface area contributed by atoms with Crippen LogP contribution in [0.2, 0.25) is 0 Å². The number of carboxylic acid groups (broad SMARTS) is 1. The normalized spacial score (nSPS) is 13.2. The molecule has 0 aliphatic rings. The van der Waals surface area contributed by atoms with Crippen molar-refractivity contribution in [2.24, 2.45) is 0 Å². The van der Waals surface area contributed by atoms with Crippen LogP contribution < -0.4 is 15.9 Å². The lowest BCUT2D eigenvalue weighted by atomic mass is 9.91. The van der Waals surface area contributed by atoms with Gasteiger partial charge in [-0.3, -0.25) is 0 Å². The average Bonchev–Trinajstić information content (AvgIpc) is 2.89. The molecule has 166 valence electrons. The highest BCUT2D eigenvalue weighted by molar-refractivity contribution is 7.95. The van der Waals surface area contributed by atoms with Crippen LogP contribution in [-0.4, -0.2) is 24.3 Å². The largest absolute Gasteiger partial charge is 0.479 e. The summed E-state index contributed by atoms with van der Waals surface area (Å²) in [6.45, 7) is 0. The highest BCUT2D eigenvalue weighted by Gasteiger charge is 2.50. The summed E-state index contributed by atoms with van der Waals surface area (Å²) < 4.78 is 5.81. The molecule has 0 spiro atoms. The highest BCUT2D eigenvalue weighted by Crippen LogP contribution is 2.57. The van der Waals surface area contributed by atoms with Gasteiger partial charge >= 0.3 is 5.97 Å². The van der Waals surface area contributed by atoms with Gasteiger partial charge in [-0.05, 0) is 42.0 Å². The molecule has 0 aromatic heterocycles. The van der Waals surface area contributed by atoms with Crippen molar-refractivity contribution in [2.75, 3.05) is 13.3 Å². The van der Waals surface area contributed by atoms with Gasteiger partial charge < -0.3 is 9.84 Å². The summed E-state index contributed by atoms with van der Waals surface area (Å²) >= 11 is 0. The van der Waals surface area contributed by atoms with Gasteiger partial charge in [-0.1, -0.05) is 84.9 Å². The van der Waals surface area contributed by atoms with E-state index in [9.17, 15) is 9.90 Å². The van der Waals surface area contributed by atoms with Crippen molar-refractivity contribution in [3.8, 4) is 0 Å². The van der Waals surface area contributed by atoms with Crippen molar-refractivity contribution in [1.82, 2.24) is 0 Å². The van der Waals surface area contributed by atoms with Crippen LogP contribution in [0, 0.1) is 0 Å². The summed E-state index contributed by atoms with van der Waals surface area (Å²) in [7, 11) is -0.672. The Labute approximate surface area is 196 Å². The lowest BCUT2D eigenvalue weighted by Crippen LogP contribution is -2.42. The topological polar surface area (TPSA) is 46.5 Å². The van der Waals surface area contributed by atoms with Crippen molar-refractivity contribution in [3.63, 3.8) is 0 Å². The number of ether oxygens (including phenoxy) is 1. The second-order valence-electron chi connectivity index (χ2n) is 7.99. The van der Waals surface area contributed by atoms with Gasteiger partial charge in [0.15, 0.2) is 5.60 Å². The van der Waals surface area contributed by atoms with Crippen LogP contribution in [-0.2, 0) is 15.1 Å². The Balaban J connectivity index is 1.91. The summed E-state index contributed by atoms with van der Waals surface area (Å²) in [6, 6.07) is 40.8. The van der Waals surface area contributed by atoms with Gasteiger partial charge in [-0.2, -0.15) is 0 Å². The van der Waals surface area contributed by atoms with E-state index in [4.69, 9.17) is 4.74 Å². The Morgan fingerprint density at radius 3 is 1.39 bits per heavy atom. The molecule has 4 aromatic rings. The number of rotatable bonds is 9. The first-order valence-corrected chi connectivity index (χ1v) is 13.0. The molecular formula is C29H28O3P+. The first-order valence-electron chi connectivity index (χ1n) is 11.0. The van der Waals surface area contributed by atoms with Crippen LogP contribution in [0.3, 0.4) is 0 Å². The third-order valence-electron chi connectivity index (χ3n) is 6.32. The Morgan fingerprint density at radius 1 is 0.697 bits per heavy atom. The molecular weight excluding hydrogens is 427 g/mol. The van der Waals surface area contributed by atoms with Gasteiger partial charge in [0.05, 0.1) is 6.16 Å². The average molecular weight is 456 g/mol. The molecule has 0 saturated heterocycles. The van der Waals surface area contributed by atoms with E-state index in [2.05, 4.69) is 72.8 Å². The van der Waals surface area contributed by atoms with Crippen molar-refractivity contribution >= 4 is 29.1 Å². The zero-order chi connectivity index (χ0) is 23.2. The number of carboxylic acids is 1. The fourth-order valence-electron chi connectivity index (χ4n) is 4.60. The molecule has 1 N–H and O–H groups in total. The maximum absolute atomic E-state index is 12.7. The molecule has 4 aromatic carbocycles. The Hall–Kier alpha value is -3.26. The maximum atomic E-state index is 12.7. The Kier molecular flexibility index (Phi) is 7.03. The molecule has 0 bridgehead atoms. The van der Waals surface area contributed by atoms with Crippen LogP contribution in [0.25, 0.3) is 0 Å². The van der Waals surface area contributed by atoms with Gasteiger partial charge in [0.1, 0.15) is 23.2 Å². The van der Waals surface area contributed by atoms with E-state index in [1.165, 1.54) is 23.0 Å². The second-order valence-corrected chi connectivity index (χ2v) is 11.6. The lowest BCUT2D eigenvalue weighted by Gasteiger charge is -2.33. The standard InChI is InChI=1S/C29H27O3P/c1-32-29(28(30)31,24-14-6-2-7-15-24)22-23-33(25-16-8-3-9-17-25,26-18-10-4-11-19-26)27-20-12-5-13-21-27/h2-21H,22-23H2,1H3/p+1/t29-/m1/s1. The predicted octanol–water partition coefficient (Wildman–Crippen LogP) is 5.00. The molecule has 33 heavy (non-hydrogen) atoms. The van der Waals surface area contributed by atoms with E-state index < -0.39 is 18.8 Å². The number of aliphatic carboxylic acids is 1. The summed E-state index contributed by atoms with van der Waals surface area (Å²) in [4.78, 5) is 12.7. The van der Waals surface area contributed by atoms with E-state index in [1.807, 2.05) is 48.5 Å². The van der Waals surface area contributed by atoms with Crippen LogP contribution in [0.5, 0.6) is 0 Å². The number of hydrogen-bond donors (Lipinski definition) is 1. The third kappa shape index (κ3) is 4.35. The van der Waals surface area contributed by atoms with Crippen LogP contribution >= 0.6 is 7.26 Å². The fraction of sp³-hybridized carbons (Fsp3) is 0.138. The van der Waals surface area contributed by atoms with Gasteiger partial charge in [-0.25, -0.2) is 4.79 Å². The van der Waals surface area contributed by atoms with Crippen molar-refractivity contribution in [2.45, 2.75) is 12.0 Å². The molecule has 0 saturated carbocycles. The minimum Gasteiger partial charge on any atom is -0.479 e. The first-order chi connectivity index (χ1) is 16.1. The van der Waals surface area contributed by atoms with Gasteiger partial charge in [0.2, 0.25) is 0 Å². The first kappa shape index (κ1) is 22.9. The molecule has 0 amide bonds. The monoisotopic (exact) mass is 455 g/mol. The molecule has 0 aliphatic carbocycles. The Morgan fingerprint density at radius 2 is 1.06 bits per heavy atom. The molecule has 0 unspecified atom stereocenters. The number of hydrogen-bond acceptors (Lipinski definition) is 2. The molecule has 3 nitrogen and oxygen atoms in total. The highest BCUT2D eigenvalue weighted by atomic mass is 31.2. The van der Waals surface area contributed by atoms with Gasteiger partial charge in [0, 0.05) is 13.5 Å². The lowest BCUT2D eigenvalue weighted by molar-refractivity contribution is -0.164. The Bertz CT molecular complexity index is 1070. The summed E-state index contributed by atoms with van der Waals surface area (Å²) in [6.07, 6.45) is 0.995. The summed E-state index contributed by atoms with van der Waals surface area (Å²) in [5.41, 5.74) is -0.766. The minimum absolute atomic E-state index is 0.343. The SMILES string of the molecule is CO[C@@](CC[P+](c1ccccc1)(c1ccccc1)c1ccccc1)(C(=O)O)c1ccccc1. The predicted molar refractivity (Wildman–Crippen MR) is 137 cm³/mol. The second kappa shape index (κ2) is 10.1. The van der Waals surface area contributed by atoms with E-state index >= 15 is 0 Å². The van der Waals surface area contributed by atoms with Crippen LogP contribution in [0.15, 0.2) is 121 Å². The van der Waals surface area contributed by atoms with E-state index in [0.717, 1.165) is 0 Å². The van der Waals surface area contributed by atoms with Gasteiger partial charge in [0.25, 0.3) is 0 Å². The van der Waals surface area contributed by atoms with Crippen LogP contribution in [0.1, 0.15) is 12.0 Å². The van der Waals surface area contributed by atoms with Crippen molar-refractivity contribution in [3.05, 3.63) is 127 Å². The van der Waals surface area contributed by atoms with Crippen LogP contribution in [0.4, 0.5) is 0 Å². The molecule has 0 fully saturated rings. The smallest absolute Gasteiger partial charge is 0.340 e. The quantitative estimate of drug-likeness (QED) is 0.362. The van der Waals surface area contributed by atoms with Gasteiger partial charge in [-0.15, -0.1) is 0 Å². The number of methoxy groups -OCH3 is 1. The third-order valence-corrected chi connectivity index (χ3v) is 10.8. The van der Waals surface area contributed by atoms with E-state index in [-0.39, 0.29) is 0 Å². The zero-order valence-corrected chi connectivity index (χ0v) is 19.6.